The summed E-state index contributed by atoms with van der Waals surface area (Å²) in [5.41, 5.74) is 4.04. The number of nitrogens with one attached hydrogen (secondary N) is 1. The highest BCUT2D eigenvalue weighted by Gasteiger charge is 2.51. The third-order valence-corrected chi connectivity index (χ3v) is 10.4. The zero-order chi connectivity index (χ0) is 27.3. The minimum Gasteiger partial charge on any atom is -0.507 e. The number of anilines is 1. The fourth-order valence-corrected chi connectivity index (χ4v) is 8.85. The Morgan fingerprint density at radius 2 is 1.62 bits per heavy atom. The Labute approximate surface area is 246 Å². The summed E-state index contributed by atoms with van der Waals surface area (Å²) in [6, 6.07) is 23.6. The predicted octanol–water partition coefficient (Wildman–Crippen LogP) is 7.60. The predicted molar refractivity (Wildman–Crippen MR) is 162 cm³/mol. The molecule has 3 aromatic carbocycles. The molecule has 8 heteroatoms. The number of amides is 1. The highest BCUT2D eigenvalue weighted by atomic mass is 79.9. The maximum absolute atomic E-state index is 13.0. The van der Waals surface area contributed by atoms with Crippen molar-refractivity contribution in [2.75, 3.05) is 11.1 Å². The van der Waals surface area contributed by atoms with E-state index in [-0.39, 0.29) is 17.4 Å². The van der Waals surface area contributed by atoms with E-state index in [1.807, 2.05) is 41.0 Å². The summed E-state index contributed by atoms with van der Waals surface area (Å²) in [5.74, 6) is 3.44. The van der Waals surface area contributed by atoms with Crippen molar-refractivity contribution in [2.24, 2.45) is 17.8 Å². The minimum absolute atomic E-state index is 0.0954. The lowest BCUT2D eigenvalue weighted by atomic mass is 9.48. The molecule has 1 heterocycles. The number of carbonyl (C=O) groups is 1. The lowest BCUT2D eigenvalue weighted by Gasteiger charge is -2.57. The molecule has 2 N–H and O–H groups in total. The van der Waals surface area contributed by atoms with E-state index in [0.717, 1.165) is 33.6 Å². The second kappa shape index (κ2) is 10.4. The fraction of sp³-hybridized carbons (Fsp3) is 0.344. The van der Waals surface area contributed by atoms with Crippen LogP contribution in [0.5, 0.6) is 5.75 Å². The van der Waals surface area contributed by atoms with Crippen LogP contribution in [-0.4, -0.2) is 31.5 Å². The second-order valence-electron chi connectivity index (χ2n) is 11.8. The van der Waals surface area contributed by atoms with Crippen molar-refractivity contribution in [1.29, 1.82) is 0 Å². The normalized spacial score (nSPS) is 24.8. The van der Waals surface area contributed by atoms with Gasteiger partial charge in [-0.3, -0.25) is 9.36 Å². The van der Waals surface area contributed by atoms with E-state index in [4.69, 9.17) is 0 Å². The monoisotopic (exact) mass is 614 g/mol. The second-order valence-corrected chi connectivity index (χ2v) is 13.6. The van der Waals surface area contributed by atoms with E-state index >= 15 is 0 Å². The first-order valence-corrected chi connectivity index (χ1v) is 15.8. The van der Waals surface area contributed by atoms with Gasteiger partial charge < -0.3 is 10.4 Å². The standard InChI is InChI=1S/C32H31BrN4O2S/c33-24-8-11-28(38)27(15-24)30-35-36-31(37(30)26-4-2-1-3-5-26)40-19-29(39)34-25-9-6-23(7-10-25)32-16-20-12-21(17-32)14-22(13-20)18-32/h1-11,15,20-22,38H,12-14,16-19H2,(H,34,39). The minimum atomic E-state index is -0.0954. The Morgan fingerprint density at radius 3 is 2.30 bits per heavy atom. The van der Waals surface area contributed by atoms with Crippen molar-refractivity contribution < 1.29 is 9.90 Å². The molecular formula is C32H31BrN4O2S. The van der Waals surface area contributed by atoms with Crippen LogP contribution in [0.1, 0.15) is 44.1 Å². The quantitative estimate of drug-likeness (QED) is 0.209. The van der Waals surface area contributed by atoms with Crippen LogP contribution in [0, 0.1) is 17.8 Å². The van der Waals surface area contributed by atoms with E-state index in [1.165, 1.54) is 55.9 Å². The van der Waals surface area contributed by atoms with E-state index in [1.54, 1.807) is 12.1 Å². The highest BCUT2D eigenvalue weighted by molar-refractivity contribution is 9.10. The molecule has 0 spiro atoms. The molecule has 8 rings (SSSR count). The molecule has 4 fully saturated rings. The Balaban J connectivity index is 1.06. The number of benzene rings is 3. The number of phenols is 1. The summed E-state index contributed by atoms with van der Waals surface area (Å²) >= 11 is 4.80. The summed E-state index contributed by atoms with van der Waals surface area (Å²) in [5, 5.41) is 23.0. The van der Waals surface area contributed by atoms with Gasteiger partial charge in [0, 0.05) is 15.8 Å². The van der Waals surface area contributed by atoms with Crippen molar-refractivity contribution in [3.05, 3.63) is 82.8 Å². The van der Waals surface area contributed by atoms with Crippen LogP contribution in [0.4, 0.5) is 5.69 Å². The summed E-state index contributed by atoms with van der Waals surface area (Å²) < 4.78 is 2.70. The van der Waals surface area contributed by atoms with Gasteiger partial charge in [0.05, 0.1) is 11.3 Å². The van der Waals surface area contributed by atoms with E-state index < -0.39 is 0 Å². The van der Waals surface area contributed by atoms with Gasteiger partial charge in [0.15, 0.2) is 11.0 Å². The van der Waals surface area contributed by atoms with Crippen molar-refractivity contribution in [2.45, 2.75) is 49.1 Å². The Morgan fingerprint density at radius 1 is 0.950 bits per heavy atom. The van der Waals surface area contributed by atoms with Crippen LogP contribution in [0.3, 0.4) is 0 Å². The summed E-state index contributed by atoms with van der Waals surface area (Å²) in [7, 11) is 0. The van der Waals surface area contributed by atoms with E-state index in [2.05, 4.69) is 55.7 Å². The molecule has 0 aliphatic heterocycles. The third-order valence-electron chi connectivity index (χ3n) is 9.00. The number of para-hydroxylation sites is 1. The number of nitrogens with zero attached hydrogens (tertiary/aromatic N) is 3. The van der Waals surface area contributed by atoms with Crippen LogP contribution in [0.15, 0.2) is 82.4 Å². The fourth-order valence-electron chi connectivity index (χ4n) is 7.73. The molecule has 0 saturated heterocycles. The molecule has 40 heavy (non-hydrogen) atoms. The average Bonchev–Trinajstić information content (AvgIpc) is 3.37. The van der Waals surface area contributed by atoms with Crippen molar-refractivity contribution in [3.63, 3.8) is 0 Å². The van der Waals surface area contributed by atoms with Gasteiger partial charge in [-0.2, -0.15) is 0 Å². The number of hydrogen-bond donors (Lipinski definition) is 2. The van der Waals surface area contributed by atoms with Crippen LogP contribution < -0.4 is 5.32 Å². The number of thioether (sulfide) groups is 1. The number of aromatic hydroxyl groups is 1. The number of rotatable bonds is 7. The lowest BCUT2D eigenvalue weighted by molar-refractivity contribution is -0.113. The number of phenolic OH excluding ortho intramolecular Hbond substituents is 1. The topological polar surface area (TPSA) is 80.0 Å². The summed E-state index contributed by atoms with van der Waals surface area (Å²) in [6.45, 7) is 0. The maximum atomic E-state index is 13.0. The van der Waals surface area contributed by atoms with Crippen LogP contribution in [-0.2, 0) is 10.2 Å². The molecule has 4 aromatic rings. The Hall–Kier alpha value is -3.10. The molecular weight excluding hydrogens is 584 g/mol. The first-order valence-electron chi connectivity index (χ1n) is 14.0. The number of aromatic nitrogens is 3. The molecule has 6 nitrogen and oxygen atoms in total. The molecule has 0 atom stereocenters. The molecule has 4 bridgehead atoms. The summed E-state index contributed by atoms with van der Waals surface area (Å²) in [6.07, 6.45) is 8.33. The van der Waals surface area contributed by atoms with Crippen molar-refractivity contribution >= 4 is 39.3 Å². The lowest BCUT2D eigenvalue weighted by Crippen LogP contribution is -2.48. The average molecular weight is 616 g/mol. The number of hydrogen-bond acceptors (Lipinski definition) is 5. The maximum Gasteiger partial charge on any atom is 0.234 e. The molecule has 204 valence electrons. The molecule has 1 aromatic heterocycles. The van der Waals surface area contributed by atoms with Gasteiger partial charge in [-0.15, -0.1) is 10.2 Å². The van der Waals surface area contributed by atoms with Gasteiger partial charge in [-0.1, -0.05) is 58.0 Å². The van der Waals surface area contributed by atoms with Gasteiger partial charge in [-0.25, -0.2) is 0 Å². The van der Waals surface area contributed by atoms with E-state index in [0.29, 0.717) is 22.0 Å². The van der Waals surface area contributed by atoms with E-state index in [9.17, 15) is 9.90 Å². The Bertz CT molecular complexity index is 1520. The molecule has 4 aliphatic carbocycles. The zero-order valence-electron chi connectivity index (χ0n) is 22.1. The largest absolute Gasteiger partial charge is 0.507 e. The highest BCUT2D eigenvalue weighted by Crippen LogP contribution is 2.60. The molecule has 1 amide bonds. The number of halogens is 1. The first-order chi connectivity index (χ1) is 19.5. The SMILES string of the molecule is O=C(CSc1nnc(-c2cc(Br)ccc2O)n1-c1ccccc1)Nc1ccc(C23CC4CC(CC(C4)C2)C3)cc1. The number of carbonyl (C=O) groups excluding carboxylic acids is 1. The summed E-state index contributed by atoms with van der Waals surface area (Å²) in [4.78, 5) is 13.0. The third kappa shape index (κ3) is 4.85. The van der Waals surface area contributed by atoms with Crippen LogP contribution >= 0.6 is 27.7 Å². The van der Waals surface area contributed by atoms with Gasteiger partial charge >= 0.3 is 0 Å². The van der Waals surface area contributed by atoms with Gasteiger partial charge in [0.25, 0.3) is 0 Å². The molecule has 4 aliphatic rings. The van der Waals surface area contributed by atoms with Gasteiger partial charge in [-0.05, 0) is 110 Å². The molecule has 4 saturated carbocycles. The van der Waals surface area contributed by atoms with Gasteiger partial charge in [0.1, 0.15) is 5.75 Å². The molecule has 0 radical (unpaired) electrons. The molecule has 0 unspecified atom stereocenters. The first kappa shape index (κ1) is 25.8. The van der Waals surface area contributed by atoms with Crippen LogP contribution in [0.25, 0.3) is 17.1 Å². The van der Waals surface area contributed by atoms with Gasteiger partial charge in [0.2, 0.25) is 5.91 Å². The zero-order valence-corrected chi connectivity index (χ0v) is 24.5. The van der Waals surface area contributed by atoms with Crippen molar-refractivity contribution in [3.8, 4) is 22.8 Å². The smallest absolute Gasteiger partial charge is 0.234 e. The van der Waals surface area contributed by atoms with Crippen molar-refractivity contribution in [1.82, 2.24) is 14.8 Å². The Kier molecular flexibility index (Phi) is 6.71. The van der Waals surface area contributed by atoms with Crippen LogP contribution in [0.2, 0.25) is 0 Å².